The lowest BCUT2D eigenvalue weighted by Gasteiger charge is -2.33. The highest BCUT2D eigenvalue weighted by atomic mass is 32.1. The lowest BCUT2D eigenvalue weighted by Crippen LogP contribution is -2.46. The first-order valence-electron chi connectivity index (χ1n) is 7.08. The second-order valence-corrected chi connectivity index (χ2v) is 6.27. The molecule has 2 aliphatic rings. The molecule has 1 aliphatic carbocycles. The molecule has 1 saturated carbocycles. The lowest BCUT2D eigenvalue weighted by atomic mass is 10.3. The van der Waals surface area contributed by atoms with Gasteiger partial charge in [0, 0.05) is 43.7 Å². The van der Waals surface area contributed by atoms with Crippen LogP contribution in [0.2, 0.25) is 0 Å². The van der Waals surface area contributed by atoms with Crippen molar-refractivity contribution in [2.45, 2.75) is 25.3 Å². The average Bonchev–Trinajstić information content (AvgIpc) is 3.00. The van der Waals surface area contributed by atoms with Gasteiger partial charge in [0.2, 0.25) is 5.89 Å². The van der Waals surface area contributed by atoms with Gasteiger partial charge in [0.15, 0.2) is 11.0 Å². The van der Waals surface area contributed by atoms with Crippen LogP contribution >= 0.6 is 11.3 Å². The van der Waals surface area contributed by atoms with Crippen LogP contribution in [0.5, 0.6) is 0 Å². The normalized spacial score (nSPS) is 20.5. The van der Waals surface area contributed by atoms with Crippen LogP contribution in [0.1, 0.15) is 30.5 Å². The van der Waals surface area contributed by atoms with E-state index in [1.165, 1.54) is 12.8 Å². The third kappa shape index (κ3) is 2.55. The number of rotatable bonds is 4. The van der Waals surface area contributed by atoms with Crippen LogP contribution in [-0.4, -0.2) is 46.2 Å². The molecule has 3 heterocycles. The Morgan fingerprint density at radius 3 is 2.80 bits per heavy atom. The summed E-state index contributed by atoms with van der Waals surface area (Å²) in [7, 11) is 0. The van der Waals surface area contributed by atoms with Crippen LogP contribution < -0.4 is 4.90 Å². The predicted molar refractivity (Wildman–Crippen MR) is 75.9 cm³/mol. The van der Waals surface area contributed by atoms with E-state index in [1.54, 1.807) is 11.3 Å². The minimum atomic E-state index is 0.564. The van der Waals surface area contributed by atoms with Crippen molar-refractivity contribution in [2.24, 2.45) is 0 Å². The van der Waals surface area contributed by atoms with Gasteiger partial charge in [0.05, 0.1) is 6.54 Å². The summed E-state index contributed by atoms with van der Waals surface area (Å²) in [5, 5.41) is 7.22. The molecule has 4 rings (SSSR count). The molecule has 0 radical (unpaired) electrons. The van der Waals surface area contributed by atoms with Gasteiger partial charge in [-0.3, -0.25) is 4.90 Å². The van der Waals surface area contributed by atoms with Gasteiger partial charge in [0.1, 0.15) is 0 Å². The third-order valence-corrected chi connectivity index (χ3v) is 4.68. The second kappa shape index (κ2) is 5.14. The first-order chi connectivity index (χ1) is 9.88. The quantitative estimate of drug-likeness (QED) is 0.855. The van der Waals surface area contributed by atoms with E-state index in [1.807, 2.05) is 11.6 Å². The SMILES string of the molecule is c1csc(N2CCN(Cc3nc(C4CC4)no3)CC2)n1. The molecule has 1 aliphatic heterocycles. The summed E-state index contributed by atoms with van der Waals surface area (Å²) >= 11 is 1.70. The highest BCUT2D eigenvalue weighted by Gasteiger charge is 2.29. The molecule has 2 aromatic rings. The Labute approximate surface area is 121 Å². The minimum absolute atomic E-state index is 0.564. The highest BCUT2D eigenvalue weighted by Crippen LogP contribution is 2.38. The number of hydrogen-bond donors (Lipinski definition) is 0. The number of thiazole rings is 1. The molecular weight excluding hydrogens is 274 g/mol. The fourth-order valence-electron chi connectivity index (χ4n) is 2.50. The van der Waals surface area contributed by atoms with Crippen molar-refractivity contribution < 1.29 is 4.52 Å². The Morgan fingerprint density at radius 2 is 2.10 bits per heavy atom. The number of nitrogens with zero attached hydrogens (tertiary/aromatic N) is 5. The predicted octanol–water partition coefficient (Wildman–Crippen LogP) is 1.73. The van der Waals surface area contributed by atoms with Gasteiger partial charge in [-0.05, 0) is 12.8 Å². The molecular formula is C13H17N5OS. The van der Waals surface area contributed by atoms with Crippen molar-refractivity contribution >= 4 is 16.5 Å². The monoisotopic (exact) mass is 291 g/mol. The first kappa shape index (κ1) is 12.3. The summed E-state index contributed by atoms with van der Waals surface area (Å²) in [4.78, 5) is 13.6. The average molecular weight is 291 g/mol. The molecule has 1 saturated heterocycles. The van der Waals surface area contributed by atoms with Gasteiger partial charge in [0.25, 0.3) is 0 Å². The number of piperazine rings is 1. The largest absolute Gasteiger partial charge is 0.346 e. The fraction of sp³-hybridized carbons (Fsp3) is 0.615. The van der Waals surface area contributed by atoms with Crippen molar-refractivity contribution in [3.8, 4) is 0 Å². The van der Waals surface area contributed by atoms with E-state index < -0.39 is 0 Å². The Kier molecular flexibility index (Phi) is 3.16. The van der Waals surface area contributed by atoms with Gasteiger partial charge in [-0.2, -0.15) is 4.98 Å². The van der Waals surface area contributed by atoms with Crippen LogP contribution in [0.4, 0.5) is 5.13 Å². The topological polar surface area (TPSA) is 58.3 Å². The number of hydrogen-bond acceptors (Lipinski definition) is 7. The zero-order valence-corrected chi connectivity index (χ0v) is 12.1. The van der Waals surface area contributed by atoms with Crippen molar-refractivity contribution in [3.63, 3.8) is 0 Å². The standard InChI is InChI=1S/C13H17N5OS/c1-2-10(1)12-15-11(19-16-12)9-17-4-6-18(7-5-17)13-14-3-8-20-13/h3,8,10H,1-2,4-7,9H2. The lowest BCUT2D eigenvalue weighted by molar-refractivity contribution is 0.215. The minimum Gasteiger partial charge on any atom is -0.346 e. The van der Waals surface area contributed by atoms with Crippen LogP contribution in [0.15, 0.2) is 16.1 Å². The zero-order valence-electron chi connectivity index (χ0n) is 11.2. The Bertz CT molecular complexity index is 557. The maximum Gasteiger partial charge on any atom is 0.240 e. The molecule has 0 amide bonds. The molecule has 0 unspecified atom stereocenters. The second-order valence-electron chi connectivity index (χ2n) is 5.40. The van der Waals surface area contributed by atoms with E-state index >= 15 is 0 Å². The van der Waals surface area contributed by atoms with Crippen LogP contribution in [0, 0.1) is 0 Å². The van der Waals surface area contributed by atoms with Gasteiger partial charge >= 0.3 is 0 Å². The van der Waals surface area contributed by atoms with Gasteiger partial charge in [-0.1, -0.05) is 5.16 Å². The van der Waals surface area contributed by atoms with E-state index in [-0.39, 0.29) is 0 Å². The van der Waals surface area contributed by atoms with Gasteiger partial charge in [-0.25, -0.2) is 4.98 Å². The summed E-state index contributed by atoms with van der Waals surface area (Å²) in [6.45, 7) is 4.82. The molecule has 20 heavy (non-hydrogen) atoms. The zero-order chi connectivity index (χ0) is 13.4. The summed E-state index contributed by atoms with van der Waals surface area (Å²) in [6, 6.07) is 0. The summed E-state index contributed by atoms with van der Waals surface area (Å²) in [5.74, 6) is 2.23. The maximum atomic E-state index is 5.34. The molecule has 0 aromatic carbocycles. The van der Waals surface area contributed by atoms with E-state index in [4.69, 9.17) is 4.52 Å². The van der Waals surface area contributed by atoms with Crippen LogP contribution in [0.3, 0.4) is 0 Å². The molecule has 2 aromatic heterocycles. The molecule has 6 nitrogen and oxygen atoms in total. The fourth-order valence-corrected chi connectivity index (χ4v) is 3.20. The van der Waals surface area contributed by atoms with E-state index in [0.29, 0.717) is 5.92 Å². The highest BCUT2D eigenvalue weighted by molar-refractivity contribution is 7.13. The van der Waals surface area contributed by atoms with Crippen LogP contribution in [-0.2, 0) is 6.54 Å². The number of aromatic nitrogens is 3. The van der Waals surface area contributed by atoms with Crippen molar-refractivity contribution in [1.29, 1.82) is 0 Å². The van der Waals surface area contributed by atoms with E-state index in [2.05, 4.69) is 24.9 Å². The molecule has 2 fully saturated rings. The molecule has 0 N–H and O–H groups in total. The van der Waals surface area contributed by atoms with Gasteiger partial charge in [-0.15, -0.1) is 11.3 Å². The van der Waals surface area contributed by atoms with Crippen molar-refractivity contribution in [2.75, 3.05) is 31.1 Å². The molecule has 106 valence electrons. The third-order valence-electron chi connectivity index (χ3n) is 3.85. The Balaban J connectivity index is 1.32. The maximum absolute atomic E-state index is 5.34. The summed E-state index contributed by atoms with van der Waals surface area (Å²) < 4.78 is 5.34. The van der Waals surface area contributed by atoms with Gasteiger partial charge < -0.3 is 9.42 Å². The van der Waals surface area contributed by atoms with E-state index in [9.17, 15) is 0 Å². The van der Waals surface area contributed by atoms with Crippen LogP contribution in [0.25, 0.3) is 0 Å². The molecule has 0 atom stereocenters. The molecule has 0 bridgehead atoms. The number of anilines is 1. The summed E-state index contributed by atoms with van der Waals surface area (Å²) in [5.41, 5.74) is 0. The smallest absolute Gasteiger partial charge is 0.240 e. The Morgan fingerprint density at radius 1 is 1.25 bits per heavy atom. The summed E-state index contributed by atoms with van der Waals surface area (Å²) in [6.07, 6.45) is 4.29. The first-order valence-corrected chi connectivity index (χ1v) is 7.96. The molecule has 7 heteroatoms. The van der Waals surface area contributed by atoms with Crippen molar-refractivity contribution in [3.05, 3.63) is 23.3 Å². The van der Waals surface area contributed by atoms with Crippen molar-refractivity contribution in [1.82, 2.24) is 20.0 Å². The Hall–Kier alpha value is -1.47. The molecule has 0 spiro atoms. The van der Waals surface area contributed by atoms with E-state index in [0.717, 1.165) is 49.6 Å².